The lowest BCUT2D eigenvalue weighted by Crippen LogP contribution is -2.06. The molecule has 0 saturated carbocycles. The number of benzene rings is 4. The van der Waals surface area contributed by atoms with Crippen LogP contribution in [-0.2, 0) is 37.0 Å². The first kappa shape index (κ1) is 33.3. The van der Waals surface area contributed by atoms with Crippen molar-refractivity contribution in [2.24, 2.45) is 5.90 Å². The highest BCUT2D eigenvalue weighted by Crippen LogP contribution is 2.19. The fourth-order valence-electron chi connectivity index (χ4n) is 3.75. The number of para-hydroxylation sites is 1. The van der Waals surface area contributed by atoms with E-state index < -0.39 is 0 Å². The molecule has 1 amide bonds. The molecule has 0 aromatic heterocycles. The average molecular weight is 573 g/mol. The highest BCUT2D eigenvalue weighted by atomic mass is 16.6. The van der Waals surface area contributed by atoms with Crippen molar-refractivity contribution in [1.82, 2.24) is 0 Å². The van der Waals surface area contributed by atoms with Gasteiger partial charge in [-0.1, -0.05) is 60.2 Å². The quantitative estimate of drug-likeness (QED) is 0.160. The summed E-state index contributed by atoms with van der Waals surface area (Å²) in [4.78, 5) is 47.4. The Morgan fingerprint density at radius 1 is 0.738 bits per heavy atom. The van der Waals surface area contributed by atoms with Gasteiger partial charge in [-0.2, -0.15) is 0 Å². The molecular formula is C33H36N2O7. The number of esters is 2. The summed E-state index contributed by atoms with van der Waals surface area (Å²) in [6.45, 7) is 8.05. The van der Waals surface area contributed by atoms with E-state index in [1.165, 1.54) is 37.1 Å². The van der Waals surface area contributed by atoms with E-state index in [9.17, 15) is 19.2 Å². The van der Waals surface area contributed by atoms with Crippen molar-refractivity contribution in [3.8, 4) is 11.5 Å². The highest BCUT2D eigenvalue weighted by Gasteiger charge is 2.04. The smallest absolute Gasteiger partial charge is 0.308 e. The monoisotopic (exact) mass is 572 g/mol. The molecule has 42 heavy (non-hydrogen) atoms. The maximum absolute atomic E-state index is 11.0. The Balaban J connectivity index is 0.000000221. The van der Waals surface area contributed by atoms with Gasteiger partial charge in [0, 0.05) is 38.4 Å². The zero-order chi connectivity index (χ0) is 31.1. The number of Topliss-reactive ketones (excluding diaryl/α,β-unsaturated/α-hetero) is 1. The fourth-order valence-corrected chi connectivity index (χ4v) is 3.75. The molecule has 4 aromatic carbocycles. The summed E-state index contributed by atoms with van der Waals surface area (Å²) >= 11 is 0. The maximum atomic E-state index is 11.0. The Morgan fingerprint density at radius 2 is 1.36 bits per heavy atom. The number of rotatable bonds is 7. The Kier molecular flexibility index (Phi) is 13.5. The molecule has 3 N–H and O–H groups in total. The van der Waals surface area contributed by atoms with Gasteiger partial charge in [-0.25, -0.2) is 5.90 Å². The zero-order valence-electron chi connectivity index (χ0n) is 24.4. The summed E-state index contributed by atoms with van der Waals surface area (Å²) < 4.78 is 9.75. The number of anilines is 1. The second kappa shape index (κ2) is 17.1. The Hall–Kier alpha value is -4.86. The molecule has 4 aromatic rings. The number of carbonyl (C=O) groups is 4. The third-order valence-corrected chi connectivity index (χ3v) is 5.41. The molecule has 0 bridgehead atoms. The van der Waals surface area contributed by atoms with Crippen LogP contribution in [0.4, 0.5) is 5.69 Å². The van der Waals surface area contributed by atoms with E-state index in [0.717, 1.165) is 11.1 Å². The van der Waals surface area contributed by atoms with Crippen molar-refractivity contribution >= 4 is 40.1 Å². The molecular weight excluding hydrogens is 536 g/mol. The molecule has 0 atom stereocenters. The number of ketones is 1. The summed E-state index contributed by atoms with van der Waals surface area (Å²) in [5.41, 5.74) is 3.79. The lowest BCUT2D eigenvalue weighted by Gasteiger charge is -2.06. The largest absolute Gasteiger partial charge is 0.427 e. The number of nitrogens with one attached hydrogen (secondary N) is 1. The summed E-state index contributed by atoms with van der Waals surface area (Å²) in [6.07, 6.45) is 0.532. The number of amides is 1. The van der Waals surface area contributed by atoms with Gasteiger partial charge in [-0.3, -0.25) is 24.0 Å². The molecule has 9 nitrogen and oxygen atoms in total. The van der Waals surface area contributed by atoms with Gasteiger partial charge in [0.25, 0.3) is 0 Å². The van der Waals surface area contributed by atoms with Gasteiger partial charge in [0.2, 0.25) is 5.91 Å². The Morgan fingerprint density at radius 3 is 1.95 bits per heavy atom. The van der Waals surface area contributed by atoms with Gasteiger partial charge >= 0.3 is 11.9 Å². The minimum absolute atomic E-state index is 0.134. The Bertz CT molecular complexity index is 1480. The van der Waals surface area contributed by atoms with Crippen LogP contribution in [-0.4, -0.2) is 23.6 Å². The van der Waals surface area contributed by atoms with Gasteiger partial charge in [-0.15, -0.1) is 0 Å². The van der Waals surface area contributed by atoms with Crippen LogP contribution >= 0.6 is 0 Å². The SMILES string of the molecule is CC(=O)Cc1ccc2cc(C)ccc2c1.CC(=O)Nc1ccc(OC(C)=O)cc1.CC(=O)Oc1ccccc1CON. The highest BCUT2D eigenvalue weighted by molar-refractivity contribution is 5.88. The lowest BCUT2D eigenvalue weighted by molar-refractivity contribution is -0.132. The number of fused-ring (bicyclic) bond motifs is 1. The molecule has 0 aliphatic rings. The first-order valence-electron chi connectivity index (χ1n) is 13.1. The summed E-state index contributed by atoms with van der Waals surface area (Å²) in [7, 11) is 0. The molecule has 0 spiro atoms. The van der Waals surface area contributed by atoms with Crippen LogP contribution in [0, 0.1) is 6.92 Å². The van der Waals surface area contributed by atoms with Crippen LogP contribution in [0.15, 0.2) is 84.9 Å². The van der Waals surface area contributed by atoms with Gasteiger partial charge in [0.05, 0.1) is 6.61 Å². The van der Waals surface area contributed by atoms with Crippen molar-refractivity contribution in [3.63, 3.8) is 0 Å². The average Bonchev–Trinajstić information content (AvgIpc) is 2.91. The number of ether oxygens (including phenoxy) is 2. The van der Waals surface area contributed by atoms with Gasteiger partial charge in [-0.05, 0) is 60.5 Å². The molecule has 0 aliphatic heterocycles. The summed E-state index contributed by atoms with van der Waals surface area (Å²) in [5.74, 6) is 5.23. The van der Waals surface area contributed by atoms with Crippen molar-refractivity contribution < 1.29 is 33.5 Å². The van der Waals surface area contributed by atoms with E-state index in [-0.39, 0.29) is 30.2 Å². The lowest BCUT2D eigenvalue weighted by atomic mass is 10.0. The van der Waals surface area contributed by atoms with Gasteiger partial charge in [0.1, 0.15) is 17.3 Å². The molecule has 0 heterocycles. The van der Waals surface area contributed by atoms with Crippen molar-refractivity contribution in [2.45, 2.75) is 47.6 Å². The van der Waals surface area contributed by atoms with Crippen LogP contribution in [0.1, 0.15) is 44.4 Å². The first-order chi connectivity index (χ1) is 20.0. The minimum Gasteiger partial charge on any atom is -0.427 e. The molecule has 4 rings (SSSR count). The predicted octanol–water partition coefficient (Wildman–Crippen LogP) is 5.85. The van der Waals surface area contributed by atoms with E-state index in [2.05, 4.69) is 47.4 Å². The number of hydrogen-bond acceptors (Lipinski definition) is 8. The van der Waals surface area contributed by atoms with E-state index in [4.69, 9.17) is 15.4 Å². The molecule has 0 aliphatic carbocycles. The minimum atomic E-state index is -0.364. The van der Waals surface area contributed by atoms with E-state index in [0.29, 0.717) is 23.6 Å². The van der Waals surface area contributed by atoms with Gasteiger partial charge in [0.15, 0.2) is 0 Å². The standard InChI is InChI=1S/C14H14O.C10H11NO3.C9H11NO3/c1-10-3-5-14-9-12(8-11(2)15)4-6-13(14)7-10;1-7(12)11-9-3-5-10(6-4-9)14-8(2)13;1-7(11)13-9-5-3-2-4-8(9)6-12-10/h3-7,9H,8H2,1-2H3;3-6H,1-2H3,(H,11,12);2-5H,6,10H2,1H3. The molecule has 220 valence electrons. The van der Waals surface area contributed by atoms with Crippen molar-refractivity contribution in [2.75, 3.05) is 5.32 Å². The first-order valence-corrected chi connectivity index (χ1v) is 13.1. The van der Waals surface area contributed by atoms with E-state index in [1.807, 2.05) is 12.1 Å². The fraction of sp³-hybridized carbons (Fsp3) is 0.212. The van der Waals surface area contributed by atoms with Crippen LogP contribution in [0.3, 0.4) is 0 Å². The molecule has 0 radical (unpaired) electrons. The van der Waals surface area contributed by atoms with Crippen molar-refractivity contribution in [1.29, 1.82) is 0 Å². The molecule has 0 unspecified atom stereocenters. The molecule has 0 saturated heterocycles. The maximum Gasteiger partial charge on any atom is 0.308 e. The number of hydrogen-bond donors (Lipinski definition) is 2. The Labute approximate surface area is 245 Å². The van der Waals surface area contributed by atoms with Crippen molar-refractivity contribution in [3.05, 3.63) is 102 Å². The topological polar surface area (TPSA) is 134 Å². The van der Waals surface area contributed by atoms with E-state index in [1.54, 1.807) is 49.4 Å². The molecule has 9 heteroatoms. The number of nitrogens with two attached hydrogens (primary N) is 1. The second-order valence-corrected chi connectivity index (χ2v) is 9.38. The third-order valence-electron chi connectivity index (χ3n) is 5.41. The molecule has 0 fully saturated rings. The number of carbonyl (C=O) groups excluding carboxylic acids is 4. The summed E-state index contributed by atoms with van der Waals surface area (Å²) in [6, 6.07) is 26.2. The van der Waals surface area contributed by atoms with Gasteiger partial charge < -0.3 is 14.8 Å². The summed E-state index contributed by atoms with van der Waals surface area (Å²) in [5, 5.41) is 5.05. The normalized spacial score (nSPS) is 9.86. The van der Waals surface area contributed by atoms with Crippen LogP contribution < -0.4 is 20.7 Å². The zero-order valence-corrected chi connectivity index (χ0v) is 24.4. The second-order valence-electron chi connectivity index (χ2n) is 9.38. The third kappa shape index (κ3) is 12.5. The van der Waals surface area contributed by atoms with Crippen LogP contribution in [0.25, 0.3) is 10.8 Å². The predicted molar refractivity (Wildman–Crippen MR) is 162 cm³/mol. The van der Waals surface area contributed by atoms with Crippen LogP contribution in [0.5, 0.6) is 11.5 Å². The number of aryl methyl sites for hydroxylation is 1. The van der Waals surface area contributed by atoms with Crippen LogP contribution in [0.2, 0.25) is 0 Å². The van der Waals surface area contributed by atoms with E-state index >= 15 is 0 Å².